The lowest BCUT2D eigenvalue weighted by Crippen LogP contribution is -2.39. The van der Waals surface area contributed by atoms with Gasteiger partial charge in [0, 0.05) is 12.7 Å². The molecule has 134 valence electrons. The second kappa shape index (κ2) is 10.9. The third-order valence-corrected chi connectivity index (χ3v) is 3.29. The number of nitrogens with one attached hydrogen (secondary N) is 2. The molecule has 1 aromatic heterocycles. The largest absolute Gasteiger partial charge is 0.492 e. The summed E-state index contributed by atoms with van der Waals surface area (Å²) < 4.78 is 11.3. The Morgan fingerprint density at radius 3 is 2.56 bits per heavy atom. The number of ether oxygens (including phenoxy) is 2. The summed E-state index contributed by atoms with van der Waals surface area (Å²) in [6.07, 6.45) is 3.41. The number of guanidine groups is 1. The van der Waals surface area contributed by atoms with Crippen molar-refractivity contribution in [3.8, 4) is 11.5 Å². The van der Waals surface area contributed by atoms with Gasteiger partial charge >= 0.3 is 0 Å². The van der Waals surface area contributed by atoms with Crippen molar-refractivity contribution >= 4 is 5.96 Å². The first-order chi connectivity index (χ1) is 12.3. The van der Waals surface area contributed by atoms with E-state index in [1.165, 1.54) is 5.56 Å². The number of aryl methyl sites for hydroxylation is 1. The van der Waals surface area contributed by atoms with Crippen molar-refractivity contribution in [3.05, 3.63) is 54.4 Å². The van der Waals surface area contributed by atoms with Crippen LogP contribution >= 0.6 is 0 Å². The van der Waals surface area contributed by atoms with Crippen LogP contribution in [0.4, 0.5) is 0 Å². The van der Waals surface area contributed by atoms with Gasteiger partial charge in [-0.25, -0.2) is 4.99 Å². The third-order valence-electron chi connectivity index (χ3n) is 3.29. The van der Waals surface area contributed by atoms with Crippen molar-refractivity contribution in [2.45, 2.75) is 13.8 Å². The number of hydrogen-bond donors (Lipinski definition) is 2. The number of rotatable bonds is 9. The lowest BCUT2D eigenvalue weighted by atomic mass is 10.2. The highest BCUT2D eigenvalue weighted by molar-refractivity contribution is 5.79. The molecule has 0 atom stereocenters. The molecule has 0 amide bonds. The van der Waals surface area contributed by atoms with Gasteiger partial charge in [-0.2, -0.15) is 0 Å². The second-order valence-electron chi connectivity index (χ2n) is 5.39. The highest BCUT2D eigenvalue weighted by Crippen LogP contribution is 2.10. The van der Waals surface area contributed by atoms with Gasteiger partial charge in [-0.05, 0) is 38.1 Å². The van der Waals surface area contributed by atoms with Crippen molar-refractivity contribution in [2.75, 3.05) is 32.8 Å². The molecule has 0 saturated heterocycles. The fourth-order valence-electron chi connectivity index (χ4n) is 2.07. The first kappa shape index (κ1) is 18.6. The molecule has 0 bridgehead atoms. The molecule has 2 aromatic rings. The van der Waals surface area contributed by atoms with E-state index >= 15 is 0 Å². The predicted octanol–water partition coefficient (Wildman–Crippen LogP) is 2.40. The van der Waals surface area contributed by atoms with Crippen molar-refractivity contribution in [1.29, 1.82) is 0 Å². The first-order valence-corrected chi connectivity index (χ1v) is 8.52. The Morgan fingerprint density at radius 2 is 1.84 bits per heavy atom. The summed E-state index contributed by atoms with van der Waals surface area (Å²) in [7, 11) is 0. The van der Waals surface area contributed by atoms with Crippen LogP contribution in [0.1, 0.15) is 12.5 Å². The van der Waals surface area contributed by atoms with Crippen LogP contribution in [0.3, 0.4) is 0 Å². The summed E-state index contributed by atoms with van der Waals surface area (Å²) in [5, 5.41) is 6.45. The molecule has 0 spiro atoms. The quantitative estimate of drug-likeness (QED) is 0.416. The average molecular weight is 342 g/mol. The molecule has 0 aliphatic heterocycles. The molecule has 25 heavy (non-hydrogen) atoms. The molecule has 0 radical (unpaired) electrons. The number of aromatic nitrogens is 1. The zero-order valence-electron chi connectivity index (χ0n) is 14.9. The Balaban J connectivity index is 1.67. The van der Waals surface area contributed by atoms with Crippen molar-refractivity contribution < 1.29 is 9.47 Å². The molecular weight excluding hydrogens is 316 g/mol. The van der Waals surface area contributed by atoms with Crippen LogP contribution in [-0.4, -0.2) is 43.8 Å². The average Bonchev–Trinajstić information content (AvgIpc) is 2.64. The number of benzene rings is 1. The summed E-state index contributed by atoms with van der Waals surface area (Å²) in [5.41, 5.74) is 1.22. The summed E-state index contributed by atoms with van der Waals surface area (Å²) in [6, 6.07) is 11.8. The number of nitrogens with zero attached hydrogens (tertiary/aromatic N) is 2. The van der Waals surface area contributed by atoms with Gasteiger partial charge in [-0.15, -0.1) is 0 Å². The van der Waals surface area contributed by atoms with Gasteiger partial charge < -0.3 is 20.1 Å². The molecule has 0 unspecified atom stereocenters. The zero-order valence-corrected chi connectivity index (χ0v) is 14.9. The first-order valence-electron chi connectivity index (χ1n) is 8.52. The minimum atomic E-state index is 0.502. The molecule has 1 aromatic carbocycles. The van der Waals surface area contributed by atoms with Gasteiger partial charge in [0.25, 0.3) is 0 Å². The molecular formula is C19H26N4O2. The van der Waals surface area contributed by atoms with E-state index in [1.807, 2.05) is 43.3 Å². The van der Waals surface area contributed by atoms with Gasteiger partial charge in [0.2, 0.25) is 0 Å². The van der Waals surface area contributed by atoms with E-state index in [9.17, 15) is 0 Å². The molecule has 2 N–H and O–H groups in total. The fraction of sp³-hybridized carbons (Fsp3) is 0.368. The van der Waals surface area contributed by atoms with Crippen LogP contribution < -0.4 is 20.1 Å². The van der Waals surface area contributed by atoms with Crippen molar-refractivity contribution in [1.82, 2.24) is 15.6 Å². The Labute approximate surface area is 149 Å². The van der Waals surface area contributed by atoms with Crippen molar-refractivity contribution in [3.63, 3.8) is 0 Å². The Bertz CT molecular complexity index is 630. The fourth-order valence-corrected chi connectivity index (χ4v) is 2.07. The van der Waals surface area contributed by atoms with E-state index in [0.29, 0.717) is 26.3 Å². The topological polar surface area (TPSA) is 67.8 Å². The maximum atomic E-state index is 5.70. The summed E-state index contributed by atoms with van der Waals surface area (Å²) in [4.78, 5) is 8.49. The molecule has 0 saturated carbocycles. The van der Waals surface area contributed by atoms with Gasteiger partial charge in [0.05, 0.1) is 19.3 Å². The van der Waals surface area contributed by atoms with Crippen LogP contribution in [0.25, 0.3) is 0 Å². The normalized spacial score (nSPS) is 11.0. The molecule has 0 fully saturated rings. The van der Waals surface area contributed by atoms with Crippen LogP contribution in [0.5, 0.6) is 11.5 Å². The smallest absolute Gasteiger partial charge is 0.191 e. The molecule has 0 aliphatic carbocycles. The number of hydrogen-bond acceptors (Lipinski definition) is 4. The van der Waals surface area contributed by atoms with Crippen LogP contribution in [-0.2, 0) is 0 Å². The van der Waals surface area contributed by atoms with E-state index in [2.05, 4.69) is 27.5 Å². The van der Waals surface area contributed by atoms with E-state index in [1.54, 1.807) is 12.4 Å². The van der Waals surface area contributed by atoms with Gasteiger partial charge in [-0.1, -0.05) is 17.7 Å². The molecule has 2 rings (SSSR count). The second-order valence-corrected chi connectivity index (χ2v) is 5.39. The number of aliphatic imine (C=N–C) groups is 1. The molecule has 6 nitrogen and oxygen atoms in total. The van der Waals surface area contributed by atoms with E-state index < -0.39 is 0 Å². The summed E-state index contributed by atoms with van der Waals surface area (Å²) >= 11 is 0. The lowest BCUT2D eigenvalue weighted by Gasteiger charge is -2.12. The van der Waals surface area contributed by atoms with E-state index in [4.69, 9.17) is 9.47 Å². The van der Waals surface area contributed by atoms with Crippen LogP contribution in [0.15, 0.2) is 53.8 Å². The van der Waals surface area contributed by atoms with Crippen molar-refractivity contribution in [2.24, 2.45) is 4.99 Å². The highest BCUT2D eigenvalue weighted by Gasteiger charge is 1.98. The van der Waals surface area contributed by atoms with Gasteiger partial charge in [0.15, 0.2) is 5.96 Å². The third kappa shape index (κ3) is 7.56. The highest BCUT2D eigenvalue weighted by atomic mass is 16.5. The number of pyridine rings is 1. The summed E-state index contributed by atoms with van der Waals surface area (Å²) in [6.45, 7) is 7.19. The Kier molecular flexibility index (Phi) is 8.11. The maximum absolute atomic E-state index is 5.70. The van der Waals surface area contributed by atoms with Crippen LogP contribution in [0.2, 0.25) is 0 Å². The molecule has 6 heteroatoms. The molecule has 1 heterocycles. The predicted molar refractivity (Wildman–Crippen MR) is 100 cm³/mol. The zero-order chi connectivity index (χ0) is 17.7. The van der Waals surface area contributed by atoms with Gasteiger partial charge in [-0.3, -0.25) is 4.98 Å². The standard InChI is InChI=1S/C19H26N4O2/c1-3-21-19(23-12-14-25-18-5-4-10-20-15-18)22-11-13-24-17-8-6-16(2)7-9-17/h4-10,15H,3,11-14H2,1-2H3,(H2,21,22,23). The lowest BCUT2D eigenvalue weighted by molar-refractivity contribution is 0.320. The minimum Gasteiger partial charge on any atom is -0.492 e. The molecule has 0 aliphatic rings. The summed E-state index contributed by atoms with van der Waals surface area (Å²) in [5.74, 6) is 2.38. The van der Waals surface area contributed by atoms with Crippen LogP contribution in [0, 0.1) is 6.92 Å². The Morgan fingerprint density at radius 1 is 1.04 bits per heavy atom. The minimum absolute atomic E-state index is 0.502. The maximum Gasteiger partial charge on any atom is 0.191 e. The Hall–Kier alpha value is -2.76. The van der Waals surface area contributed by atoms with E-state index in [0.717, 1.165) is 24.0 Å². The monoisotopic (exact) mass is 342 g/mol. The van der Waals surface area contributed by atoms with Gasteiger partial charge in [0.1, 0.15) is 24.7 Å². The SMILES string of the molecule is CCNC(=NCCOc1cccnc1)NCCOc1ccc(C)cc1. The van der Waals surface area contributed by atoms with E-state index in [-0.39, 0.29) is 0 Å².